The number of nitrogens with one attached hydrogen (secondary N) is 1. The summed E-state index contributed by atoms with van der Waals surface area (Å²) >= 11 is 0. The maximum absolute atomic E-state index is 12.1. The van der Waals surface area contributed by atoms with Crippen molar-refractivity contribution < 1.29 is 33.8 Å². The molecule has 31 heavy (non-hydrogen) atoms. The molecule has 0 aromatic heterocycles. The van der Waals surface area contributed by atoms with E-state index in [1.165, 1.54) is 18.2 Å². The number of hydrogen-bond acceptors (Lipinski definition) is 8. The zero-order valence-electron chi connectivity index (χ0n) is 18.2. The van der Waals surface area contributed by atoms with Gasteiger partial charge in [0.25, 0.3) is 0 Å². The third-order valence-corrected chi connectivity index (χ3v) is 4.88. The lowest BCUT2D eigenvalue weighted by atomic mass is 10.1. The summed E-state index contributed by atoms with van der Waals surface area (Å²) in [6, 6.07) is 4.14. The number of carbonyl (C=O) groups excluding carboxylic acids is 2. The Labute approximate surface area is 181 Å². The van der Waals surface area contributed by atoms with Crippen molar-refractivity contribution in [2.24, 2.45) is 5.92 Å². The number of nitrogens with zero attached hydrogens (tertiary/aromatic N) is 1. The van der Waals surface area contributed by atoms with E-state index < -0.39 is 35.3 Å². The number of aliphatic hydroxyl groups excluding tert-OH is 1. The second-order valence-corrected chi connectivity index (χ2v) is 7.80. The van der Waals surface area contributed by atoms with Crippen molar-refractivity contribution in [1.29, 1.82) is 0 Å². The normalized spacial score (nSPS) is 21.9. The van der Waals surface area contributed by atoms with Crippen LogP contribution in [-0.2, 0) is 19.1 Å². The van der Waals surface area contributed by atoms with Gasteiger partial charge in [0.2, 0.25) is 12.2 Å². The van der Waals surface area contributed by atoms with Crippen molar-refractivity contribution in [2.75, 3.05) is 6.54 Å². The Morgan fingerprint density at radius 2 is 2.06 bits per heavy atom. The monoisotopic (exact) mass is 438 g/mol. The fraction of sp³-hybridized carbons (Fsp3) is 0.619. The van der Waals surface area contributed by atoms with Crippen molar-refractivity contribution >= 4 is 17.6 Å². The quantitative estimate of drug-likeness (QED) is 0.341. The zero-order chi connectivity index (χ0) is 23.1. The Kier molecular flexibility index (Phi) is 8.76. The van der Waals surface area contributed by atoms with Crippen LogP contribution in [-0.4, -0.2) is 46.9 Å². The topological polar surface area (TPSA) is 137 Å². The van der Waals surface area contributed by atoms with E-state index in [0.717, 1.165) is 0 Å². The van der Waals surface area contributed by atoms with E-state index in [1.807, 2.05) is 6.92 Å². The molecule has 4 unspecified atom stereocenters. The molecule has 10 nitrogen and oxygen atoms in total. The molecule has 1 fully saturated rings. The van der Waals surface area contributed by atoms with Gasteiger partial charge in [0.1, 0.15) is 12.2 Å². The van der Waals surface area contributed by atoms with Gasteiger partial charge < -0.3 is 24.6 Å². The van der Waals surface area contributed by atoms with Gasteiger partial charge >= 0.3 is 11.7 Å². The number of amides is 1. The summed E-state index contributed by atoms with van der Waals surface area (Å²) < 4.78 is 16.6. The molecule has 172 valence electrons. The minimum atomic E-state index is -1.02. The summed E-state index contributed by atoms with van der Waals surface area (Å²) in [6.07, 6.45) is -1.61. The molecule has 4 atom stereocenters. The van der Waals surface area contributed by atoms with E-state index in [9.17, 15) is 24.8 Å². The lowest BCUT2D eigenvalue weighted by Gasteiger charge is -2.32. The highest BCUT2D eigenvalue weighted by Gasteiger charge is 2.32. The zero-order valence-corrected chi connectivity index (χ0v) is 18.2. The van der Waals surface area contributed by atoms with Crippen LogP contribution in [0.25, 0.3) is 0 Å². The Morgan fingerprint density at radius 1 is 1.35 bits per heavy atom. The Balaban J connectivity index is 2.29. The van der Waals surface area contributed by atoms with Crippen LogP contribution < -0.4 is 10.1 Å². The van der Waals surface area contributed by atoms with Crippen LogP contribution in [0, 0.1) is 16.0 Å². The van der Waals surface area contributed by atoms with Crippen LogP contribution in [0.1, 0.15) is 58.6 Å². The molecule has 10 heteroatoms. The van der Waals surface area contributed by atoms with E-state index in [4.69, 9.17) is 14.2 Å². The highest BCUT2D eigenvalue weighted by atomic mass is 16.7. The van der Waals surface area contributed by atoms with Gasteiger partial charge in [0, 0.05) is 18.1 Å². The van der Waals surface area contributed by atoms with Gasteiger partial charge in [-0.1, -0.05) is 26.8 Å². The number of nitro benzene ring substituents is 1. The number of rotatable bonds is 9. The SMILES string of the molecule is CCC(=O)NCC(OC(=O)C(C)C)c1ccc(OC2OC(C)CCC2O)c([N+](=O)[O-])c1. The molecule has 1 saturated heterocycles. The van der Waals surface area contributed by atoms with Crippen LogP contribution in [0.15, 0.2) is 18.2 Å². The summed E-state index contributed by atoms with van der Waals surface area (Å²) in [6.45, 7) is 6.83. The number of esters is 1. The van der Waals surface area contributed by atoms with E-state index in [-0.39, 0.29) is 36.4 Å². The van der Waals surface area contributed by atoms with Crippen LogP contribution in [0.3, 0.4) is 0 Å². The van der Waals surface area contributed by atoms with Crippen LogP contribution in [0.5, 0.6) is 5.75 Å². The number of nitro groups is 1. The lowest BCUT2D eigenvalue weighted by Crippen LogP contribution is -2.41. The molecule has 0 aliphatic carbocycles. The van der Waals surface area contributed by atoms with Gasteiger partial charge in [-0.15, -0.1) is 0 Å². The van der Waals surface area contributed by atoms with E-state index in [0.29, 0.717) is 18.4 Å². The summed E-state index contributed by atoms with van der Waals surface area (Å²) in [4.78, 5) is 34.8. The molecule has 1 amide bonds. The van der Waals surface area contributed by atoms with Crippen molar-refractivity contribution in [3.05, 3.63) is 33.9 Å². The van der Waals surface area contributed by atoms with Crippen LogP contribution in [0.4, 0.5) is 5.69 Å². The van der Waals surface area contributed by atoms with Crippen molar-refractivity contribution in [3.8, 4) is 5.75 Å². The van der Waals surface area contributed by atoms with Crippen LogP contribution in [0.2, 0.25) is 0 Å². The highest BCUT2D eigenvalue weighted by molar-refractivity contribution is 5.75. The largest absolute Gasteiger partial charge is 0.455 e. The molecule has 0 bridgehead atoms. The number of benzene rings is 1. The summed E-state index contributed by atoms with van der Waals surface area (Å²) in [5.41, 5.74) is -0.0260. The van der Waals surface area contributed by atoms with Gasteiger partial charge in [-0.05, 0) is 25.8 Å². The van der Waals surface area contributed by atoms with Crippen molar-refractivity contribution in [3.63, 3.8) is 0 Å². The molecular weight excluding hydrogens is 408 g/mol. The second kappa shape index (κ2) is 11.1. The fourth-order valence-electron chi connectivity index (χ4n) is 2.97. The van der Waals surface area contributed by atoms with E-state index >= 15 is 0 Å². The van der Waals surface area contributed by atoms with Gasteiger partial charge in [0.05, 0.1) is 23.5 Å². The molecular formula is C21H30N2O8. The Hall–Kier alpha value is -2.72. The van der Waals surface area contributed by atoms with Crippen LogP contribution >= 0.6 is 0 Å². The predicted molar refractivity (Wildman–Crippen MR) is 110 cm³/mol. The second-order valence-electron chi connectivity index (χ2n) is 7.80. The first kappa shape index (κ1) is 24.5. The molecule has 1 aromatic rings. The fourth-order valence-corrected chi connectivity index (χ4v) is 2.97. The first-order chi connectivity index (χ1) is 14.6. The van der Waals surface area contributed by atoms with Crippen molar-refractivity contribution in [2.45, 2.75) is 71.6 Å². The van der Waals surface area contributed by atoms with Crippen molar-refractivity contribution in [1.82, 2.24) is 5.32 Å². The first-order valence-electron chi connectivity index (χ1n) is 10.4. The van der Waals surface area contributed by atoms with E-state index in [1.54, 1.807) is 20.8 Å². The Morgan fingerprint density at radius 3 is 2.68 bits per heavy atom. The molecule has 1 aromatic carbocycles. The highest BCUT2D eigenvalue weighted by Crippen LogP contribution is 2.34. The van der Waals surface area contributed by atoms with Gasteiger partial charge in [-0.25, -0.2) is 0 Å². The number of aliphatic hydroxyl groups is 1. The Bertz CT molecular complexity index is 798. The summed E-state index contributed by atoms with van der Waals surface area (Å²) in [5, 5.41) is 24.4. The average molecular weight is 438 g/mol. The molecule has 1 heterocycles. The summed E-state index contributed by atoms with van der Waals surface area (Å²) in [7, 11) is 0. The van der Waals surface area contributed by atoms with Gasteiger partial charge in [-0.3, -0.25) is 19.7 Å². The van der Waals surface area contributed by atoms with E-state index in [2.05, 4.69) is 5.32 Å². The third-order valence-electron chi connectivity index (χ3n) is 4.88. The molecule has 2 N–H and O–H groups in total. The molecule has 0 radical (unpaired) electrons. The smallest absolute Gasteiger partial charge is 0.311 e. The minimum Gasteiger partial charge on any atom is -0.455 e. The maximum Gasteiger partial charge on any atom is 0.311 e. The summed E-state index contributed by atoms with van der Waals surface area (Å²) in [5.74, 6) is -1.21. The molecule has 0 spiro atoms. The number of hydrogen-bond donors (Lipinski definition) is 2. The molecule has 1 aliphatic rings. The molecule has 0 saturated carbocycles. The minimum absolute atomic E-state index is 0.0234. The average Bonchev–Trinajstić information content (AvgIpc) is 2.73. The lowest BCUT2D eigenvalue weighted by molar-refractivity contribution is -0.386. The predicted octanol–water partition coefficient (Wildman–Crippen LogP) is 2.63. The standard InChI is InChI=1S/C21H30N2O8/c1-5-19(25)22-11-18(30-20(26)12(2)3)14-7-9-17(15(10-14)23(27)28)31-21-16(24)8-6-13(4)29-21/h7,9-10,12-13,16,18,21,24H,5-6,8,11H2,1-4H3,(H,22,25). The molecule has 1 aliphatic heterocycles. The third kappa shape index (κ3) is 6.90. The van der Waals surface area contributed by atoms with Gasteiger partial charge in [-0.2, -0.15) is 0 Å². The molecule has 2 rings (SSSR count). The number of carbonyl (C=O) groups is 2. The maximum atomic E-state index is 12.1. The van der Waals surface area contributed by atoms with Gasteiger partial charge in [0.15, 0.2) is 5.75 Å². The number of ether oxygens (including phenoxy) is 3. The first-order valence-corrected chi connectivity index (χ1v) is 10.4.